The minimum Gasteiger partial charge on any atom is -0.454 e. The van der Waals surface area contributed by atoms with E-state index >= 15 is 0 Å². The first kappa shape index (κ1) is 66.9. The summed E-state index contributed by atoms with van der Waals surface area (Å²) in [5.41, 5.74) is 0. The molecule has 0 aromatic heterocycles. The summed E-state index contributed by atoms with van der Waals surface area (Å²) >= 11 is 0. The number of rotatable bonds is 50. The fourth-order valence-corrected chi connectivity index (χ4v) is 9.29. The van der Waals surface area contributed by atoms with Gasteiger partial charge in [0.2, 0.25) is 5.91 Å². The van der Waals surface area contributed by atoms with Gasteiger partial charge in [0.25, 0.3) is 0 Å². The Balaban J connectivity index is 2.70. The Morgan fingerprint density at radius 3 is 1.44 bits per heavy atom. The Bertz CT molecular complexity index is 1290. The van der Waals surface area contributed by atoms with E-state index in [-0.39, 0.29) is 13.0 Å². The highest BCUT2D eigenvalue weighted by Crippen LogP contribution is 2.26. The first-order valence-electron chi connectivity index (χ1n) is 29.8. The van der Waals surface area contributed by atoms with Gasteiger partial charge in [-0.25, -0.2) is 0 Å². The molecule has 0 aromatic rings. The van der Waals surface area contributed by atoms with Gasteiger partial charge in [0.15, 0.2) is 12.4 Å². The number of allylic oxidation sites excluding steroid dienone is 5. The second-order valence-corrected chi connectivity index (χ2v) is 20.8. The Morgan fingerprint density at radius 1 is 0.549 bits per heavy atom. The summed E-state index contributed by atoms with van der Waals surface area (Å²) in [6, 6.07) is -1.02. The van der Waals surface area contributed by atoms with Crippen molar-refractivity contribution < 1.29 is 49.3 Å². The van der Waals surface area contributed by atoms with Gasteiger partial charge in [0, 0.05) is 6.42 Å². The molecular formula is C60H111NO10. The van der Waals surface area contributed by atoms with Crippen LogP contribution in [0, 0.1) is 0 Å². The van der Waals surface area contributed by atoms with E-state index in [0.29, 0.717) is 19.3 Å². The number of esters is 1. The molecule has 0 radical (unpaired) electrons. The molecular weight excluding hydrogens is 895 g/mol. The van der Waals surface area contributed by atoms with Crippen LogP contribution in [0.4, 0.5) is 0 Å². The van der Waals surface area contributed by atoms with Crippen molar-refractivity contribution in [2.24, 2.45) is 0 Å². The predicted molar refractivity (Wildman–Crippen MR) is 292 cm³/mol. The number of hydrogen-bond acceptors (Lipinski definition) is 10. The molecule has 1 rings (SSSR count). The number of ether oxygens (including phenoxy) is 3. The number of aliphatic hydroxyl groups is 5. The number of carbonyl (C=O) groups is 2. The molecule has 1 aliphatic heterocycles. The van der Waals surface area contributed by atoms with E-state index in [1.54, 1.807) is 6.08 Å². The highest BCUT2D eigenvalue weighted by molar-refractivity contribution is 5.80. The van der Waals surface area contributed by atoms with Crippen LogP contribution in [-0.2, 0) is 23.8 Å². The van der Waals surface area contributed by atoms with Gasteiger partial charge in [-0.15, -0.1) is 0 Å². The van der Waals surface area contributed by atoms with Crippen LogP contribution in [0.3, 0.4) is 0 Å². The fourth-order valence-electron chi connectivity index (χ4n) is 9.29. The molecule has 1 aliphatic rings. The molecule has 0 aromatic carbocycles. The minimum atomic E-state index is -1.61. The molecule has 8 unspecified atom stereocenters. The molecule has 416 valence electrons. The Hall–Kier alpha value is -2.12. The van der Waals surface area contributed by atoms with Crippen LogP contribution in [0.2, 0.25) is 0 Å². The van der Waals surface area contributed by atoms with Crippen LogP contribution in [0.15, 0.2) is 36.5 Å². The number of unbranched alkanes of at least 4 members (excludes halogenated alkanes) is 33. The highest BCUT2D eigenvalue weighted by atomic mass is 16.7. The zero-order valence-corrected chi connectivity index (χ0v) is 45.9. The summed E-state index contributed by atoms with van der Waals surface area (Å²) in [4.78, 5) is 26.5. The summed E-state index contributed by atoms with van der Waals surface area (Å²) in [5, 5.41) is 56.8. The van der Waals surface area contributed by atoms with Crippen molar-refractivity contribution in [3.05, 3.63) is 36.5 Å². The lowest BCUT2D eigenvalue weighted by molar-refractivity contribution is -0.305. The maximum atomic E-state index is 13.4. The fraction of sp³-hybridized carbons (Fsp3) is 0.867. The third-order valence-electron chi connectivity index (χ3n) is 14.1. The summed E-state index contributed by atoms with van der Waals surface area (Å²) < 4.78 is 17.6. The van der Waals surface area contributed by atoms with Crippen LogP contribution in [0.25, 0.3) is 0 Å². The topological polar surface area (TPSA) is 175 Å². The van der Waals surface area contributed by atoms with Gasteiger partial charge in [-0.3, -0.25) is 9.59 Å². The van der Waals surface area contributed by atoms with Crippen molar-refractivity contribution in [1.29, 1.82) is 0 Å². The summed E-state index contributed by atoms with van der Waals surface area (Å²) in [7, 11) is 0. The molecule has 71 heavy (non-hydrogen) atoms. The number of amides is 1. The first-order valence-corrected chi connectivity index (χ1v) is 29.8. The number of aliphatic hydroxyl groups excluding tert-OH is 5. The van der Waals surface area contributed by atoms with Gasteiger partial charge < -0.3 is 45.1 Å². The van der Waals surface area contributed by atoms with Gasteiger partial charge in [-0.05, 0) is 51.4 Å². The molecule has 0 saturated carbocycles. The lowest BCUT2D eigenvalue weighted by Crippen LogP contribution is -2.61. The average molecular weight is 1010 g/mol. The monoisotopic (exact) mass is 1010 g/mol. The van der Waals surface area contributed by atoms with Crippen molar-refractivity contribution in [3.8, 4) is 0 Å². The molecule has 1 heterocycles. The summed E-state index contributed by atoms with van der Waals surface area (Å²) in [6.07, 6.45) is 46.1. The number of nitrogens with one attached hydrogen (secondary N) is 1. The van der Waals surface area contributed by atoms with E-state index in [9.17, 15) is 35.1 Å². The summed E-state index contributed by atoms with van der Waals surface area (Å²) in [5.74, 6) is -1.20. The van der Waals surface area contributed by atoms with Crippen molar-refractivity contribution in [2.45, 2.75) is 320 Å². The third-order valence-corrected chi connectivity index (χ3v) is 14.1. The molecule has 11 heteroatoms. The Morgan fingerprint density at radius 2 is 0.958 bits per heavy atom. The predicted octanol–water partition coefficient (Wildman–Crippen LogP) is 13.5. The van der Waals surface area contributed by atoms with E-state index < -0.39 is 67.4 Å². The maximum absolute atomic E-state index is 13.4. The lowest BCUT2D eigenvalue weighted by atomic mass is 9.99. The van der Waals surface area contributed by atoms with E-state index in [1.165, 1.54) is 141 Å². The van der Waals surface area contributed by atoms with E-state index in [0.717, 1.165) is 83.5 Å². The van der Waals surface area contributed by atoms with Crippen LogP contribution in [0.1, 0.15) is 271 Å². The van der Waals surface area contributed by atoms with Crippen LogP contribution >= 0.6 is 0 Å². The zero-order chi connectivity index (χ0) is 51.8. The highest BCUT2D eigenvalue weighted by Gasteiger charge is 2.47. The molecule has 1 amide bonds. The number of hydrogen-bond donors (Lipinski definition) is 6. The normalized spacial score (nSPS) is 19.8. The zero-order valence-electron chi connectivity index (χ0n) is 45.9. The smallest absolute Gasteiger partial charge is 0.306 e. The molecule has 1 fully saturated rings. The largest absolute Gasteiger partial charge is 0.454 e. The molecule has 0 spiro atoms. The molecule has 6 N–H and O–H groups in total. The quantitative estimate of drug-likeness (QED) is 0.0149. The average Bonchev–Trinajstić information content (AvgIpc) is 3.37. The molecule has 0 bridgehead atoms. The SMILES string of the molecule is CCCCC/C=C/C=C/CCCCCCCCC(=O)OC1C(OCC(NC(=O)C(O)CCCCCCCCCCCCCCCCCC)C(O)/C=C/CCCCCCCCCCC)OC(CO)C(O)C1O. The van der Waals surface area contributed by atoms with Crippen LogP contribution in [0.5, 0.6) is 0 Å². The Kier molecular flexibility index (Phi) is 46.0. The van der Waals surface area contributed by atoms with Crippen molar-refractivity contribution >= 4 is 11.9 Å². The standard InChI is InChI=1S/C60H111NO10/c1-4-7-10-13-16-19-22-24-26-28-29-32-35-38-41-44-47-53(64)59(68)61-51(52(63)46-43-40-37-34-31-21-18-15-12-9-6-3)50-69-60-58(57(67)56(66)54(49-62)70-60)71-55(65)48-45-42-39-36-33-30-27-25-23-20-17-14-11-8-5-2/h17,20,23,25,43,46,51-54,56-58,60,62-64,66-67H,4-16,18-19,21-22,24,26-42,44-45,47-50H2,1-3H3,(H,61,68)/b20-17+,25-23+,46-43+. The van der Waals surface area contributed by atoms with E-state index in [2.05, 4.69) is 50.4 Å². The lowest BCUT2D eigenvalue weighted by Gasteiger charge is -2.41. The molecule has 0 aliphatic carbocycles. The van der Waals surface area contributed by atoms with Crippen LogP contribution in [-0.4, -0.2) is 99.6 Å². The third kappa shape index (κ3) is 37.3. The van der Waals surface area contributed by atoms with E-state index in [1.807, 2.05) is 6.08 Å². The first-order chi connectivity index (χ1) is 34.7. The van der Waals surface area contributed by atoms with Crippen LogP contribution < -0.4 is 5.32 Å². The molecule has 1 saturated heterocycles. The number of carbonyl (C=O) groups excluding carboxylic acids is 2. The minimum absolute atomic E-state index is 0.112. The van der Waals surface area contributed by atoms with Gasteiger partial charge in [-0.2, -0.15) is 0 Å². The molecule has 8 atom stereocenters. The Labute approximate surface area is 434 Å². The van der Waals surface area contributed by atoms with Crippen molar-refractivity contribution in [3.63, 3.8) is 0 Å². The van der Waals surface area contributed by atoms with Gasteiger partial charge in [0.05, 0.1) is 25.4 Å². The second-order valence-electron chi connectivity index (χ2n) is 20.8. The van der Waals surface area contributed by atoms with E-state index in [4.69, 9.17) is 14.2 Å². The second kappa shape index (κ2) is 48.8. The van der Waals surface area contributed by atoms with Gasteiger partial charge >= 0.3 is 5.97 Å². The van der Waals surface area contributed by atoms with Gasteiger partial charge in [0.1, 0.15) is 24.4 Å². The molecule has 11 nitrogen and oxygen atoms in total. The van der Waals surface area contributed by atoms with Crippen molar-refractivity contribution in [2.75, 3.05) is 13.2 Å². The van der Waals surface area contributed by atoms with Gasteiger partial charge in [-0.1, -0.05) is 250 Å². The van der Waals surface area contributed by atoms with Crippen molar-refractivity contribution in [1.82, 2.24) is 5.32 Å². The maximum Gasteiger partial charge on any atom is 0.306 e. The summed E-state index contributed by atoms with van der Waals surface area (Å²) in [6.45, 7) is 5.75.